The number of benzene rings is 2. The number of hydrogen-bond donors (Lipinski definition) is 1. The summed E-state index contributed by atoms with van der Waals surface area (Å²) in [5, 5.41) is 4.09. The van der Waals surface area contributed by atoms with E-state index in [0.29, 0.717) is 23.1 Å². The van der Waals surface area contributed by atoms with Gasteiger partial charge in [-0.2, -0.15) is 0 Å². The van der Waals surface area contributed by atoms with Crippen LogP contribution < -0.4 is 10.2 Å². The standard InChI is InChI=1S/C19H18Cl2N2O2/c1-12-15(20)7-4-8-17(12)23-11-14(9-18(23)24)19(25)22-10-13-5-2-3-6-16(13)21/h2-8,14H,9-11H2,1H3,(H,22,25)/t14-/m1/s1. The predicted octanol–water partition coefficient (Wildman–Crippen LogP) is 3.97. The molecule has 2 amide bonds. The van der Waals surface area contributed by atoms with Gasteiger partial charge in [-0.05, 0) is 36.2 Å². The van der Waals surface area contributed by atoms with Gasteiger partial charge >= 0.3 is 0 Å². The third-order valence-corrected chi connectivity index (χ3v) is 5.21. The fraction of sp³-hybridized carbons (Fsp3) is 0.263. The molecule has 1 aliphatic rings. The number of halogens is 2. The van der Waals surface area contributed by atoms with E-state index >= 15 is 0 Å². The molecule has 3 rings (SSSR count). The maximum atomic E-state index is 12.4. The van der Waals surface area contributed by atoms with Gasteiger partial charge in [0.05, 0.1) is 5.92 Å². The molecular formula is C19H18Cl2N2O2. The van der Waals surface area contributed by atoms with Crippen molar-refractivity contribution in [3.8, 4) is 0 Å². The average Bonchev–Trinajstić information content (AvgIpc) is 2.98. The average molecular weight is 377 g/mol. The van der Waals surface area contributed by atoms with E-state index in [9.17, 15) is 9.59 Å². The zero-order valence-electron chi connectivity index (χ0n) is 13.8. The first-order valence-corrected chi connectivity index (χ1v) is 8.79. The van der Waals surface area contributed by atoms with E-state index in [1.807, 2.05) is 37.3 Å². The molecule has 2 aromatic carbocycles. The molecule has 0 bridgehead atoms. The van der Waals surface area contributed by atoms with Crippen LogP contribution >= 0.6 is 23.2 Å². The van der Waals surface area contributed by atoms with Crippen molar-refractivity contribution < 1.29 is 9.59 Å². The number of anilines is 1. The van der Waals surface area contributed by atoms with Crippen molar-refractivity contribution in [1.82, 2.24) is 5.32 Å². The number of carbonyl (C=O) groups is 2. The van der Waals surface area contributed by atoms with Gasteiger partial charge in [0.1, 0.15) is 0 Å². The highest BCUT2D eigenvalue weighted by molar-refractivity contribution is 6.32. The van der Waals surface area contributed by atoms with E-state index in [1.54, 1.807) is 17.0 Å². The molecule has 130 valence electrons. The second kappa shape index (κ2) is 7.46. The number of hydrogen-bond acceptors (Lipinski definition) is 2. The van der Waals surface area contributed by atoms with Gasteiger partial charge in [0, 0.05) is 35.2 Å². The number of nitrogens with zero attached hydrogens (tertiary/aromatic N) is 1. The summed E-state index contributed by atoms with van der Waals surface area (Å²) < 4.78 is 0. The van der Waals surface area contributed by atoms with Gasteiger partial charge in [-0.15, -0.1) is 0 Å². The van der Waals surface area contributed by atoms with Crippen molar-refractivity contribution >= 4 is 40.7 Å². The number of rotatable bonds is 4. The van der Waals surface area contributed by atoms with Crippen LogP contribution in [0.25, 0.3) is 0 Å². The minimum atomic E-state index is -0.381. The van der Waals surface area contributed by atoms with Crippen LogP contribution in [0.3, 0.4) is 0 Å². The quantitative estimate of drug-likeness (QED) is 0.877. The van der Waals surface area contributed by atoms with Gasteiger partial charge in [0.2, 0.25) is 11.8 Å². The van der Waals surface area contributed by atoms with Crippen molar-refractivity contribution in [3.05, 3.63) is 63.6 Å². The Balaban J connectivity index is 1.67. The van der Waals surface area contributed by atoms with Crippen LogP contribution in [0.2, 0.25) is 10.0 Å². The lowest BCUT2D eigenvalue weighted by Gasteiger charge is -2.19. The van der Waals surface area contributed by atoms with Gasteiger partial charge in [-0.1, -0.05) is 47.5 Å². The first-order valence-electron chi connectivity index (χ1n) is 8.04. The Hall–Kier alpha value is -2.04. The summed E-state index contributed by atoms with van der Waals surface area (Å²) in [5.74, 6) is -0.591. The second-order valence-corrected chi connectivity index (χ2v) is 6.91. The molecule has 0 radical (unpaired) electrons. The maximum Gasteiger partial charge on any atom is 0.227 e. The van der Waals surface area contributed by atoms with Crippen LogP contribution in [0.4, 0.5) is 5.69 Å². The minimum Gasteiger partial charge on any atom is -0.352 e. The first-order chi connectivity index (χ1) is 12.0. The number of amides is 2. The van der Waals surface area contributed by atoms with E-state index in [0.717, 1.165) is 16.8 Å². The van der Waals surface area contributed by atoms with E-state index in [4.69, 9.17) is 23.2 Å². The maximum absolute atomic E-state index is 12.4. The lowest BCUT2D eigenvalue weighted by molar-refractivity contribution is -0.126. The molecule has 0 aliphatic carbocycles. The Kier molecular flexibility index (Phi) is 5.30. The van der Waals surface area contributed by atoms with Crippen molar-refractivity contribution in [3.63, 3.8) is 0 Å². The van der Waals surface area contributed by atoms with E-state index < -0.39 is 0 Å². The Labute approximate surface area is 156 Å². The molecule has 1 N–H and O–H groups in total. The molecule has 0 unspecified atom stereocenters. The molecule has 1 atom stereocenters. The largest absolute Gasteiger partial charge is 0.352 e. The van der Waals surface area contributed by atoms with E-state index in [1.165, 1.54) is 0 Å². The summed E-state index contributed by atoms with van der Waals surface area (Å²) in [4.78, 5) is 26.4. The fourth-order valence-electron chi connectivity index (χ4n) is 2.97. The molecule has 6 heteroatoms. The molecule has 4 nitrogen and oxygen atoms in total. The third-order valence-electron chi connectivity index (χ3n) is 4.44. The molecule has 1 aliphatic heterocycles. The van der Waals surface area contributed by atoms with E-state index in [2.05, 4.69) is 5.32 Å². The fourth-order valence-corrected chi connectivity index (χ4v) is 3.35. The predicted molar refractivity (Wildman–Crippen MR) is 99.9 cm³/mol. The molecule has 0 saturated carbocycles. The lowest BCUT2D eigenvalue weighted by atomic mass is 10.1. The second-order valence-electron chi connectivity index (χ2n) is 6.10. The molecule has 0 aromatic heterocycles. The summed E-state index contributed by atoms with van der Waals surface area (Å²) in [6.45, 7) is 2.57. The van der Waals surface area contributed by atoms with Crippen LogP contribution in [0.15, 0.2) is 42.5 Å². The molecule has 25 heavy (non-hydrogen) atoms. The summed E-state index contributed by atoms with van der Waals surface area (Å²) in [5.41, 5.74) is 2.46. The van der Waals surface area contributed by atoms with Crippen LogP contribution in [-0.2, 0) is 16.1 Å². The van der Waals surface area contributed by atoms with Gasteiger partial charge in [0.15, 0.2) is 0 Å². The molecule has 1 fully saturated rings. The molecule has 1 saturated heterocycles. The van der Waals surface area contributed by atoms with Gasteiger partial charge in [0.25, 0.3) is 0 Å². The number of carbonyl (C=O) groups excluding carboxylic acids is 2. The first kappa shape index (κ1) is 17.8. The SMILES string of the molecule is Cc1c(Cl)cccc1N1C[C@H](C(=O)NCc2ccccc2Cl)CC1=O. The highest BCUT2D eigenvalue weighted by atomic mass is 35.5. The molecule has 2 aromatic rings. The van der Waals surface area contributed by atoms with E-state index in [-0.39, 0.29) is 24.2 Å². The molecule has 0 spiro atoms. The summed E-state index contributed by atoms with van der Waals surface area (Å²) >= 11 is 12.2. The topological polar surface area (TPSA) is 49.4 Å². The zero-order valence-corrected chi connectivity index (χ0v) is 15.3. The molecule has 1 heterocycles. The monoisotopic (exact) mass is 376 g/mol. The zero-order chi connectivity index (χ0) is 18.0. The summed E-state index contributed by atoms with van der Waals surface area (Å²) in [6, 6.07) is 12.8. The Morgan fingerprint density at radius 2 is 1.88 bits per heavy atom. The van der Waals surface area contributed by atoms with Crippen molar-refractivity contribution in [2.45, 2.75) is 19.9 Å². The minimum absolute atomic E-state index is 0.0664. The van der Waals surface area contributed by atoms with Crippen molar-refractivity contribution in [2.75, 3.05) is 11.4 Å². The van der Waals surface area contributed by atoms with Gasteiger partial charge < -0.3 is 10.2 Å². The highest BCUT2D eigenvalue weighted by Crippen LogP contribution is 2.31. The van der Waals surface area contributed by atoms with Gasteiger partial charge in [-0.25, -0.2) is 0 Å². The van der Waals surface area contributed by atoms with Crippen molar-refractivity contribution in [1.29, 1.82) is 0 Å². The lowest BCUT2D eigenvalue weighted by Crippen LogP contribution is -2.32. The van der Waals surface area contributed by atoms with Crippen LogP contribution in [0.1, 0.15) is 17.5 Å². The van der Waals surface area contributed by atoms with Crippen LogP contribution in [0.5, 0.6) is 0 Å². The smallest absolute Gasteiger partial charge is 0.227 e. The number of nitrogens with one attached hydrogen (secondary N) is 1. The normalized spacial score (nSPS) is 17.0. The summed E-state index contributed by atoms with van der Waals surface area (Å²) in [7, 11) is 0. The Morgan fingerprint density at radius 1 is 1.16 bits per heavy atom. The van der Waals surface area contributed by atoms with Crippen LogP contribution in [-0.4, -0.2) is 18.4 Å². The van der Waals surface area contributed by atoms with Crippen molar-refractivity contribution in [2.24, 2.45) is 5.92 Å². The van der Waals surface area contributed by atoms with Crippen LogP contribution in [0, 0.1) is 12.8 Å². The Bertz CT molecular complexity index is 823. The molecular weight excluding hydrogens is 359 g/mol. The third kappa shape index (κ3) is 3.80. The van der Waals surface area contributed by atoms with Gasteiger partial charge in [-0.3, -0.25) is 9.59 Å². The summed E-state index contributed by atoms with van der Waals surface area (Å²) in [6.07, 6.45) is 0.195. The Morgan fingerprint density at radius 3 is 2.64 bits per heavy atom. The highest BCUT2D eigenvalue weighted by Gasteiger charge is 2.35.